The third kappa shape index (κ3) is 2.43. The summed E-state index contributed by atoms with van der Waals surface area (Å²) in [7, 11) is 0. The van der Waals surface area contributed by atoms with Crippen molar-refractivity contribution in [2.75, 3.05) is 6.54 Å². The molecule has 0 saturated heterocycles. The number of aliphatic imine (C=N–C) groups is 1. The van der Waals surface area contributed by atoms with Gasteiger partial charge in [-0.15, -0.1) is 0 Å². The molecule has 4 rings (SSSR count). The molecule has 3 aliphatic heterocycles. The SMILES string of the molecule is CC[C@@H]1c2cccn2CCN1C(=O)[C@]1(C)CC(=O)N=C2C=C(C)C=CN21. The van der Waals surface area contributed by atoms with Crippen molar-refractivity contribution in [2.24, 2.45) is 4.99 Å². The highest BCUT2D eigenvalue weighted by Gasteiger charge is 2.49. The van der Waals surface area contributed by atoms with E-state index >= 15 is 0 Å². The van der Waals surface area contributed by atoms with Crippen molar-refractivity contribution >= 4 is 17.6 Å². The van der Waals surface area contributed by atoms with E-state index in [4.69, 9.17) is 0 Å². The molecule has 2 amide bonds. The van der Waals surface area contributed by atoms with E-state index in [1.165, 1.54) is 0 Å². The first-order chi connectivity index (χ1) is 12.4. The van der Waals surface area contributed by atoms with Crippen LogP contribution in [0.2, 0.25) is 0 Å². The molecular weight excluding hydrogens is 328 g/mol. The Morgan fingerprint density at radius 1 is 1.38 bits per heavy atom. The van der Waals surface area contributed by atoms with Crippen molar-refractivity contribution in [1.82, 2.24) is 14.4 Å². The molecule has 0 aromatic carbocycles. The number of fused-ring (bicyclic) bond motifs is 2. The van der Waals surface area contributed by atoms with E-state index < -0.39 is 5.54 Å². The van der Waals surface area contributed by atoms with Crippen molar-refractivity contribution < 1.29 is 9.59 Å². The van der Waals surface area contributed by atoms with Gasteiger partial charge in [0, 0.05) is 31.2 Å². The number of hydrogen-bond donors (Lipinski definition) is 0. The second kappa shape index (κ2) is 5.97. The highest BCUT2D eigenvalue weighted by atomic mass is 16.2. The predicted molar refractivity (Wildman–Crippen MR) is 99.4 cm³/mol. The largest absolute Gasteiger partial charge is 0.348 e. The van der Waals surface area contributed by atoms with Crippen molar-refractivity contribution in [2.45, 2.75) is 51.7 Å². The van der Waals surface area contributed by atoms with E-state index in [9.17, 15) is 9.59 Å². The molecule has 6 nitrogen and oxygen atoms in total. The highest BCUT2D eigenvalue weighted by molar-refractivity contribution is 6.10. The number of amidine groups is 1. The number of amides is 2. The van der Waals surface area contributed by atoms with Gasteiger partial charge in [-0.2, -0.15) is 4.99 Å². The first kappa shape index (κ1) is 16.8. The van der Waals surface area contributed by atoms with Crippen molar-refractivity contribution in [3.8, 4) is 0 Å². The Morgan fingerprint density at radius 2 is 2.19 bits per heavy atom. The van der Waals surface area contributed by atoms with Crippen LogP contribution < -0.4 is 0 Å². The summed E-state index contributed by atoms with van der Waals surface area (Å²) in [5.41, 5.74) is 1.24. The van der Waals surface area contributed by atoms with Crippen LogP contribution in [0.25, 0.3) is 0 Å². The van der Waals surface area contributed by atoms with Gasteiger partial charge in [-0.05, 0) is 50.1 Å². The number of nitrogens with zero attached hydrogens (tertiary/aromatic N) is 4. The fraction of sp³-hybridized carbons (Fsp3) is 0.450. The smallest absolute Gasteiger partial charge is 0.250 e. The van der Waals surface area contributed by atoms with Gasteiger partial charge >= 0.3 is 0 Å². The van der Waals surface area contributed by atoms with Crippen LogP contribution in [0.15, 0.2) is 47.2 Å². The molecule has 1 aromatic rings. The minimum Gasteiger partial charge on any atom is -0.348 e. The molecule has 0 saturated carbocycles. The van der Waals surface area contributed by atoms with Crippen LogP contribution in [0.3, 0.4) is 0 Å². The topological polar surface area (TPSA) is 57.9 Å². The van der Waals surface area contributed by atoms with Crippen LogP contribution in [-0.2, 0) is 16.1 Å². The van der Waals surface area contributed by atoms with Gasteiger partial charge in [-0.25, -0.2) is 0 Å². The standard InChI is InChI=1S/C20H24N4O2/c1-4-15-16-6-5-8-22(16)10-11-23(15)19(26)20(3)13-18(25)21-17-12-14(2)7-9-24(17)20/h5-9,12,15H,4,10-11,13H2,1-3H3/t15-,20+/m1/s1. The molecule has 2 atom stereocenters. The molecule has 136 valence electrons. The molecule has 26 heavy (non-hydrogen) atoms. The number of allylic oxidation sites excluding steroid dienone is 2. The molecule has 0 bridgehead atoms. The molecule has 1 aromatic heterocycles. The molecular formula is C20H24N4O2. The number of carbonyl (C=O) groups excluding carboxylic acids is 2. The average Bonchev–Trinajstić information content (AvgIpc) is 3.08. The Morgan fingerprint density at radius 3 is 2.96 bits per heavy atom. The van der Waals surface area contributed by atoms with Gasteiger partial charge in [-0.1, -0.05) is 6.92 Å². The summed E-state index contributed by atoms with van der Waals surface area (Å²) >= 11 is 0. The average molecular weight is 352 g/mol. The number of carbonyl (C=O) groups is 2. The second-order valence-electron chi connectivity index (χ2n) is 7.44. The summed E-state index contributed by atoms with van der Waals surface area (Å²) in [5, 5.41) is 0. The van der Waals surface area contributed by atoms with Crippen LogP contribution in [0.1, 0.15) is 45.3 Å². The maximum absolute atomic E-state index is 13.7. The third-order valence-corrected chi connectivity index (χ3v) is 5.63. The zero-order valence-corrected chi connectivity index (χ0v) is 15.5. The molecule has 0 N–H and O–H groups in total. The lowest BCUT2D eigenvalue weighted by atomic mass is 9.88. The lowest BCUT2D eigenvalue weighted by Crippen LogP contribution is -2.62. The third-order valence-electron chi connectivity index (χ3n) is 5.63. The van der Waals surface area contributed by atoms with Gasteiger partial charge in [-0.3, -0.25) is 9.59 Å². The number of hydrogen-bond acceptors (Lipinski definition) is 3. The lowest BCUT2D eigenvalue weighted by molar-refractivity contribution is -0.147. The van der Waals surface area contributed by atoms with E-state index in [-0.39, 0.29) is 24.3 Å². The summed E-state index contributed by atoms with van der Waals surface area (Å²) < 4.78 is 2.21. The fourth-order valence-electron chi connectivity index (χ4n) is 4.27. The van der Waals surface area contributed by atoms with E-state index in [1.54, 1.807) is 0 Å². The monoisotopic (exact) mass is 352 g/mol. The molecule has 0 fully saturated rings. The van der Waals surface area contributed by atoms with Gasteiger partial charge in [0.05, 0.1) is 12.5 Å². The second-order valence-corrected chi connectivity index (χ2v) is 7.44. The Kier molecular flexibility index (Phi) is 3.86. The van der Waals surface area contributed by atoms with E-state index in [2.05, 4.69) is 28.7 Å². The van der Waals surface area contributed by atoms with Crippen LogP contribution in [0.4, 0.5) is 0 Å². The maximum Gasteiger partial charge on any atom is 0.250 e. The van der Waals surface area contributed by atoms with Crippen molar-refractivity contribution in [1.29, 1.82) is 0 Å². The van der Waals surface area contributed by atoms with Crippen LogP contribution in [-0.4, -0.2) is 44.1 Å². The van der Waals surface area contributed by atoms with Crippen LogP contribution >= 0.6 is 0 Å². The lowest BCUT2D eigenvalue weighted by Gasteiger charge is -2.47. The zero-order valence-electron chi connectivity index (χ0n) is 15.5. The Balaban J connectivity index is 1.70. The first-order valence-corrected chi connectivity index (χ1v) is 9.17. The first-order valence-electron chi connectivity index (χ1n) is 9.17. The van der Waals surface area contributed by atoms with Gasteiger partial charge in [0.2, 0.25) is 5.91 Å². The minimum atomic E-state index is -0.940. The van der Waals surface area contributed by atoms with Crippen molar-refractivity contribution in [3.63, 3.8) is 0 Å². The Hall–Kier alpha value is -2.63. The van der Waals surface area contributed by atoms with E-state index in [1.807, 2.05) is 48.1 Å². The summed E-state index contributed by atoms with van der Waals surface area (Å²) in [6.45, 7) is 7.36. The van der Waals surface area contributed by atoms with Gasteiger partial charge in [0.25, 0.3) is 5.91 Å². The molecule has 3 aliphatic rings. The number of aromatic nitrogens is 1. The molecule has 6 heteroatoms. The normalized spacial score (nSPS) is 27.7. The van der Waals surface area contributed by atoms with E-state index in [0.29, 0.717) is 12.4 Å². The summed E-state index contributed by atoms with van der Waals surface area (Å²) in [6, 6.07) is 4.15. The summed E-state index contributed by atoms with van der Waals surface area (Å²) in [4.78, 5) is 33.9. The summed E-state index contributed by atoms with van der Waals surface area (Å²) in [5.74, 6) is 0.320. The Labute approximate surface area is 153 Å². The number of rotatable bonds is 2. The van der Waals surface area contributed by atoms with Crippen molar-refractivity contribution in [3.05, 3.63) is 47.9 Å². The van der Waals surface area contributed by atoms with Gasteiger partial charge in [0.1, 0.15) is 11.4 Å². The fourth-order valence-corrected chi connectivity index (χ4v) is 4.27. The van der Waals surface area contributed by atoms with Crippen LogP contribution in [0.5, 0.6) is 0 Å². The molecule has 4 heterocycles. The predicted octanol–water partition coefficient (Wildman–Crippen LogP) is 2.64. The zero-order chi connectivity index (χ0) is 18.5. The minimum absolute atomic E-state index is 0.00449. The van der Waals surface area contributed by atoms with Gasteiger partial charge < -0.3 is 14.4 Å². The van der Waals surface area contributed by atoms with Gasteiger partial charge in [0.15, 0.2) is 0 Å². The molecule has 0 aliphatic carbocycles. The molecule has 0 radical (unpaired) electrons. The summed E-state index contributed by atoms with van der Waals surface area (Å²) in [6.07, 6.45) is 8.71. The van der Waals surface area contributed by atoms with Crippen LogP contribution in [0, 0.1) is 0 Å². The highest BCUT2D eigenvalue weighted by Crippen LogP contribution is 2.36. The van der Waals surface area contributed by atoms with E-state index in [0.717, 1.165) is 24.2 Å². The molecule has 0 spiro atoms. The molecule has 0 unspecified atom stereocenters. The quantitative estimate of drug-likeness (QED) is 0.822. The Bertz CT molecular complexity index is 863. The maximum atomic E-state index is 13.7.